The van der Waals surface area contributed by atoms with E-state index in [-0.39, 0.29) is 34.6 Å². The molecule has 0 aromatic heterocycles. The second-order valence-electron chi connectivity index (χ2n) is 12.0. The van der Waals surface area contributed by atoms with Crippen molar-refractivity contribution in [2.75, 3.05) is 13.7 Å². The van der Waals surface area contributed by atoms with Gasteiger partial charge in [0.15, 0.2) is 11.6 Å². The minimum atomic E-state index is -1.60. The zero-order valence-corrected chi connectivity index (χ0v) is 22.3. The Morgan fingerprint density at radius 1 is 1.12 bits per heavy atom. The van der Waals surface area contributed by atoms with Gasteiger partial charge >= 0.3 is 17.9 Å². The lowest BCUT2D eigenvalue weighted by Gasteiger charge is -2.58. The third-order valence-corrected chi connectivity index (χ3v) is 10.5. The molecule has 210 valence electrons. The first kappa shape index (κ1) is 25.4. The molecule has 7 rings (SSSR count). The number of hydrogen-bond acceptors (Lipinski definition) is 11. The summed E-state index contributed by atoms with van der Waals surface area (Å²) in [6, 6.07) is 1.31. The molecule has 11 nitrogen and oxygen atoms in total. The molecule has 10 atom stereocenters. The van der Waals surface area contributed by atoms with Gasteiger partial charge in [-0.25, -0.2) is 4.79 Å². The summed E-state index contributed by atoms with van der Waals surface area (Å²) in [7, 11) is 1.39. The highest BCUT2D eigenvalue weighted by Gasteiger charge is 2.84. The van der Waals surface area contributed by atoms with E-state index < -0.39 is 94.6 Å². The number of aromatic hydroxyl groups is 1. The number of aliphatic hydroxyl groups is 1. The van der Waals surface area contributed by atoms with E-state index in [1.54, 1.807) is 6.92 Å². The minimum absolute atomic E-state index is 0.123. The molecule has 0 amide bonds. The molecule has 4 aliphatic carbocycles. The summed E-state index contributed by atoms with van der Waals surface area (Å²) in [5, 5.41) is 21.9. The van der Waals surface area contributed by atoms with Gasteiger partial charge < -0.3 is 29.2 Å². The average molecular weight is 553 g/mol. The number of rotatable bonds is 2. The second-order valence-corrected chi connectivity index (χ2v) is 12.0. The number of cyclic esters (lactones) is 2. The van der Waals surface area contributed by atoms with E-state index in [0.29, 0.717) is 5.56 Å². The lowest BCUT2D eigenvalue weighted by molar-refractivity contribution is -0.199. The molecule has 2 bridgehead atoms. The Morgan fingerprint density at radius 2 is 1.85 bits per heavy atom. The molecule has 0 saturated heterocycles. The standard InChI is InChI=1S/C29H28O11/c1-9-5-14(32)18-20-15(9)23(34)21-25(40-11(3)30)28(20,8-39-27(18)36)24-22(33)12-7-38-26(35)17-13(31)6-10(2)19(16(12)17)29(21,24)37-4/h5,7,10,13,16-17,19,21,24-25,31-32H,6,8H2,1-4H3/t10?,13?,16?,17?,19?,21-,24+,25-,28-,29+/m0/s1. The SMILES string of the molecule is CO[C@@]12C3C(C)CC(O)C4C(=O)OC=C(C(=O)[C@@H]1[C@]15COC(=O)c6c(O)cc(C)c(c61)C(=O)[C@H]2[C@@H]5OC(C)=O)C43. The summed E-state index contributed by atoms with van der Waals surface area (Å²) < 4.78 is 23.2. The molecule has 40 heavy (non-hydrogen) atoms. The maximum absolute atomic E-state index is 14.7. The molecular weight excluding hydrogens is 524 g/mol. The van der Waals surface area contributed by atoms with Gasteiger partial charge in [-0.05, 0) is 36.5 Å². The quantitative estimate of drug-likeness (QED) is 0.400. The van der Waals surface area contributed by atoms with E-state index >= 15 is 0 Å². The number of carbonyl (C=O) groups excluding carboxylic acids is 5. The number of aryl methyl sites for hydroxylation is 1. The molecule has 0 radical (unpaired) electrons. The number of ketones is 2. The summed E-state index contributed by atoms with van der Waals surface area (Å²) in [5.74, 6) is -8.90. The number of allylic oxidation sites excluding steroid dienone is 1. The Morgan fingerprint density at radius 3 is 2.52 bits per heavy atom. The number of Topliss-reactive ketones (excluding diaryl/α,β-unsaturated/α-hetero) is 2. The van der Waals surface area contributed by atoms with Gasteiger partial charge in [-0.15, -0.1) is 0 Å². The van der Waals surface area contributed by atoms with Gasteiger partial charge in [0.2, 0.25) is 0 Å². The molecule has 3 saturated carbocycles. The summed E-state index contributed by atoms with van der Waals surface area (Å²) in [4.78, 5) is 68.0. The van der Waals surface area contributed by atoms with Crippen molar-refractivity contribution >= 4 is 29.5 Å². The monoisotopic (exact) mass is 552 g/mol. The van der Waals surface area contributed by atoms with Gasteiger partial charge in [0, 0.05) is 37.0 Å². The molecule has 3 fully saturated rings. The molecule has 2 N–H and O–H groups in total. The van der Waals surface area contributed by atoms with Gasteiger partial charge in [-0.1, -0.05) is 6.92 Å². The van der Waals surface area contributed by atoms with Gasteiger partial charge in [0.1, 0.15) is 30.3 Å². The first-order chi connectivity index (χ1) is 18.9. The normalized spacial score (nSPS) is 42.2. The molecular formula is C29H28O11. The van der Waals surface area contributed by atoms with E-state index in [1.807, 2.05) is 6.92 Å². The van der Waals surface area contributed by atoms with Crippen LogP contribution in [0.3, 0.4) is 0 Å². The van der Waals surface area contributed by atoms with Crippen LogP contribution in [0.25, 0.3) is 0 Å². The van der Waals surface area contributed by atoms with E-state index in [0.717, 1.165) is 6.26 Å². The summed E-state index contributed by atoms with van der Waals surface area (Å²) in [6.07, 6.45) is -1.06. The summed E-state index contributed by atoms with van der Waals surface area (Å²) in [5.41, 5.74) is -2.56. The lowest BCUT2D eigenvalue weighted by atomic mass is 9.48. The van der Waals surface area contributed by atoms with Crippen molar-refractivity contribution in [3.63, 3.8) is 0 Å². The van der Waals surface area contributed by atoms with Crippen LogP contribution in [0.15, 0.2) is 17.9 Å². The Bertz CT molecular complexity index is 1490. The molecule has 6 aliphatic rings. The van der Waals surface area contributed by atoms with Crippen LogP contribution < -0.4 is 0 Å². The second kappa shape index (κ2) is 7.79. The van der Waals surface area contributed by atoms with Crippen molar-refractivity contribution in [1.82, 2.24) is 0 Å². The van der Waals surface area contributed by atoms with Crippen LogP contribution in [-0.2, 0) is 38.7 Å². The average Bonchev–Trinajstić information content (AvgIpc) is 3.06. The van der Waals surface area contributed by atoms with E-state index in [1.165, 1.54) is 20.1 Å². The minimum Gasteiger partial charge on any atom is -0.507 e. The molecule has 2 heterocycles. The molecule has 1 aromatic carbocycles. The van der Waals surface area contributed by atoms with Gasteiger partial charge in [-0.3, -0.25) is 19.2 Å². The number of methoxy groups -OCH3 is 1. The number of aliphatic hydroxyl groups excluding tert-OH is 1. The predicted molar refractivity (Wildman–Crippen MR) is 131 cm³/mol. The van der Waals surface area contributed by atoms with Crippen molar-refractivity contribution in [3.05, 3.63) is 40.2 Å². The number of phenolic OH excluding ortho intramolecular Hbond substituents is 1. The van der Waals surface area contributed by atoms with Crippen molar-refractivity contribution in [2.24, 2.45) is 35.5 Å². The number of benzene rings is 1. The van der Waals surface area contributed by atoms with Crippen LogP contribution in [0, 0.1) is 42.4 Å². The molecule has 1 spiro atoms. The van der Waals surface area contributed by atoms with Crippen molar-refractivity contribution in [3.8, 4) is 5.75 Å². The van der Waals surface area contributed by atoms with Crippen molar-refractivity contribution in [2.45, 2.75) is 50.4 Å². The van der Waals surface area contributed by atoms with Crippen molar-refractivity contribution in [1.29, 1.82) is 0 Å². The molecule has 11 heteroatoms. The van der Waals surface area contributed by atoms with E-state index in [9.17, 15) is 34.2 Å². The number of esters is 3. The van der Waals surface area contributed by atoms with Crippen LogP contribution in [0.1, 0.15) is 52.1 Å². The van der Waals surface area contributed by atoms with Gasteiger partial charge in [-0.2, -0.15) is 0 Å². The van der Waals surface area contributed by atoms with Crippen LogP contribution in [0.5, 0.6) is 5.75 Å². The number of carbonyl (C=O) groups is 5. The molecule has 2 aliphatic heterocycles. The smallest absolute Gasteiger partial charge is 0.342 e. The number of fused-ring (bicyclic) bond motifs is 4. The zero-order chi connectivity index (χ0) is 28.6. The topological polar surface area (TPSA) is 163 Å². The van der Waals surface area contributed by atoms with E-state index in [2.05, 4.69) is 0 Å². The van der Waals surface area contributed by atoms with Gasteiger partial charge in [0.05, 0.1) is 34.9 Å². The summed E-state index contributed by atoms with van der Waals surface area (Å²) >= 11 is 0. The Hall–Kier alpha value is -3.57. The van der Waals surface area contributed by atoms with Crippen LogP contribution >= 0.6 is 0 Å². The first-order valence-corrected chi connectivity index (χ1v) is 13.4. The zero-order valence-electron chi connectivity index (χ0n) is 22.3. The largest absolute Gasteiger partial charge is 0.507 e. The molecule has 1 aromatic rings. The maximum atomic E-state index is 14.7. The van der Waals surface area contributed by atoms with Crippen LogP contribution in [0.4, 0.5) is 0 Å². The van der Waals surface area contributed by atoms with Crippen LogP contribution in [0.2, 0.25) is 0 Å². The highest BCUT2D eigenvalue weighted by atomic mass is 16.6. The van der Waals surface area contributed by atoms with Crippen molar-refractivity contribution < 1.29 is 53.1 Å². The van der Waals surface area contributed by atoms with E-state index in [4.69, 9.17) is 18.9 Å². The number of hydrogen-bond donors (Lipinski definition) is 2. The molecule has 5 unspecified atom stereocenters. The fourth-order valence-electron chi connectivity index (χ4n) is 9.49. The summed E-state index contributed by atoms with van der Waals surface area (Å²) in [6.45, 7) is 4.29. The van der Waals surface area contributed by atoms with Gasteiger partial charge in [0.25, 0.3) is 0 Å². The lowest BCUT2D eigenvalue weighted by Crippen LogP contribution is -2.68. The number of ether oxygens (including phenoxy) is 4. The Kier molecular flexibility index (Phi) is 4.95. The first-order valence-electron chi connectivity index (χ1n) is 13.4. The third-order valence-electron chi connectivity index (χ3n) is 10.5. The van der Waals surface area contributed by atoms with Crippen LogP contribution in [-0.4, -0.2) is 71.2 Å². The number of phenols is 1. The highest BCUT2D eigenvalue weighted by molar-refractivity contribution is 6.13. The fourth-order valence-corrected chi connectivity index (χ4v) is 9.49. The Labute approximate surface area is 228 Å². The fraction of sp³-hybridized carbons (Fsp3) is 0.552. The predicted octanol–water partition coefficient (Wildman–Crippen LogP) is 1.14. The maximum Gasteiger partial charge on any atom is 0.342 e. The Balaban J connectivity index is 1.62. The highest BCUT2D eigenvalue weighted by Crippen LogP contribution is 2.71. The third kappa shape index (κ3) is 2.57.